The zero-order valence-electron chi connectivity index (χ0n) is 9.26. The van der Waals surface area contributed by atoms with Crippen molar-refractivity contribution < 1.29 is 14.3 Å². The zero-order valence-corrected chi connectivity index (χ0v) is 9.26. The van der Waals surface area contributed by atoms with Gasteiger partial charge in [-0.1, -0.05) is 48.6 Å². The van der Waals surface area contributed by atoms with Gasteiger partial charge >= 0.3 is 5.97 Å². The van der Waals surface area contributed by atoms with Crippen molar-refractivity contribution >= 4 is 11.8 Å². The number of carbonyl (C=O) groups is 2. The summed E-state index contributed by atoms with van der Waals surface area (Å²) in [5, 5.41) is 0. The Kier molecular flexibility index (Phi) is 3.50. The molecule has 0 fully saturated rings. The van der Waals surface area contributed by atoms with Gasteiger partial charge in [0.05, 0.1) is 0 Å². The first-order valence-electron chi connectivity index (χ1n) is 5.38. The lowest BCUT2D eigenvalue weighted by molar-refractivity contribution is -0.138. The molecule has 0 radical (unpaired) electrons. The number of benzene rings is 1. The van der Waals surface area contributed by atoms with Gasteiger partial charge < -0.3 is 4.74 Å². The highest BCUT2D eigenvalue weighted by Crippen LogP contribution is 2.12. The third-order valence-corrected chi connectivity index (χ3v) is 2.46. The van der Waals surface area contributed by atoms with Gasteiger partial charge in [0.1, 0.15) is 0 Å². The van der Waals surface area contributed by atoms with Gasteiger partial charge in [-0.15, -0.1) is 0 Å². The molecule has 1 aliphatic rings. The van der Waals surface area contributed by atoms with Crippen LogP contribution in [0.3, 0.4) is 0 Å². The molecule has 1 aliphatic carbocycles. The summed E-state index contributed by atoms with van der Waals surface area (Å²) in [6.45, 7) is -0.208. The number of allylic oxidation sites excluding steroid dienone is 3. The molecule has 1 aromatic rings. The van der Waals surface area contributed by atoms with Crippen LogP contribution >= 0.6 is 0 Å². The summed E-state index contributed by atoms with van der Waals surface area (Å²) in [4.78, 5) is 23.2. The van der Waals surface area contributed by atoms with Crippen LogP contribution in [0.5, 0.6) is 0 Å². The van der Waals surface area contributed by atoms with E-state index in [0.717, 1.165) is 0 Å². The van der Waals surface area contributed by atoms with E-state index in [1.165, 1.54) is 0 Å². The minimum atomic E-state index is -0.417. The molecule has 0 bridgehead atoms. The van der Waals surface area contributed by atoms with E-state index in [4.69, 9.17) is 4.74 Å². The van der Waals surface area contributed by atoms with E-state index < -0.39 is 5.97 Å². The summed E-state index contributed by atoms with van der Waals surface area (Å²) in [6, 6.07) is 8.79. The van der Waals surface area contributed by atoms with Gasteiger partial charge in [0.15, 0.2) is 12.4 Å². The first-order chi connectivity index (χ1) is 8.27. The fraction of sp³-hybridized carbons (Fsp3) is 0.143. The highest BCUT2D eigenvalue weighted by atomic mass is 16.5. The lowest BCUT2D eigenvalue weighted by Gasteiger charge is -2.04. The molecule has 0 spiro atoms. The van der Waals surface area contributed by atoms with Gasteiger partial charge in [0.25, 0.3) is 0 Å². The third-order valence-electron chi connectivity index (χ3n) is 2.46. The van der Waals surface area contributed by atoms with Gasteiger partial charge in [-0.25, -0.2) is 4.79 Å². The van der Waals surface area contributed by atoms with Crippen LogP contribution in [-0.2, 0) is 9.53 Å². The van der Waals surface area contributed by atoms with Crippen LogP contribution in [0, 0.1) is 0 Å². The standard InChI is InChI=1S/C14H12O3/c15-13(11-6-2-1-3-7-11)10-17-14(16)12-8-4-5-9-12/h1-8H,9-10H2. The van der Waals surface area contributed by atoms with Crippen LogP contribution < -0.4 is 0 Å². The molecule has 0 aromatic heterocycles. The van der Waals surface area contributed by atoms with Crippen molar-refractivity contribution in [1.29, 1.82) is 0 Å². The minimum absolute atomic E-state index is 0.189. The SMILES string of the molecule is O=C(OCC(=O)c1ccccc1)C1=CC=CC1. The number of hydrogen-bond acceptors (Lipinski definition) is 3. The van der Waals surface area contributed by atoms with Crippen LogP contribution in [0.25, 0.3) is 0 Å². The second-order valence-electron chi connectivity index (χ2n) is 3.69. The summed E-state index contributed by atoms with van der Waals surface area (Å²) in [5.41, 5.74) is 1.14. The zero-order chi connectivity index (χ0) is 12.1. The van der Waals surface area contributed by atoms with Crippen molar-refractivity contribution in [2.75, 3.05) is 6.61 Å². The van der Waals surface area contributed by atoms with Crippen molar-refractivity contribution in [2.24, 2.45) is 0 Å². The first kappa shape index (κ1) is 11.3. The number of carbonyl (C=O) groups excluding carboxylic acids is 2. The van der Waals surface area contributed by atoms with Gasteiger partial charge in [-0.05, 0) is 6.42 Å². The molecule has 0 saturated carbocycles. The van der Waals surface area contributed by atoms with Crippen LogP contribution in [0.4, 0.5) is 0 Å². The summed E-state index contributed by atoms with van der Waals surface area (Å²) in [7, 11) is 0. The van der Waals surface area contributed by atoms with E-state index >= 15 is 0 Å². The Bertz CT molecular complexity index is 483. The lowest BCUT2D eigenvalue weighted by Crippen LogP contribution is -2.15. The summed E-state index contributed by atoms with van der Waals surface area (Å²) >= 11 is 0. The Morgan fingerprint density at radius 2 is 1.94 bits per heavy atom. The normalized spacial score (nSPS) is 13.3. The van der Waals surface area contributed by atoms with Crippen LogP contribution in [0.2, 0.25) is 0 Å². The van der Waals surface area contributed by atoms with Crippen LogP contribution in [0.1, 0.15) is 16.8 Å². The fourth-order valence-electron chi connectivity index (χ4n) is 1.53. The third kappa shape index (κ3) is 2.91. The molecule has 0 aliphatic heterocycles. The van der Waals surface area contributed by atoms with Gasteiger partial charge in [0, 0.05) is 11.1 Å². The predicted octanol–water partition coefficient (Wildman–Crippen LogP) is 2.30. The largest absolute Gasteiger partial charge is 0.454 e. The molecule has 3 heteroatoms. The summed E-state index contributed by atoms with van der Waals surface area (Å²) in [5.74, 6) is -0.607. The molecule has 3 nitrogen and oxygen atoms in total. The number of rotatable bonds is 4. The maximum Gasteiger partial charge on any atom is 0.334 e. The highest BCUT2D eigenvalue weighted by Gasteiger charge is 2.14. The Balaban J connectivity index is 1.87. The molecule has 2 rings (SSSR count). The van der Waals surface area contributed by atoms with Crippen molar-refractivity contribution in [3.8, 4) is 0 Å². The highest BCUT2D eigenvalue weighted by molar-refractivity contribution is 5.99. The minimum Gasteiger partial charge on any atom is -0.454 e. The van der Waals surface area contributed by atoms with Gasteiger partial charge in [-0.3, -0.25) is 4.79 Å². The second-order valence-corrected chi connectivity index (χ2v) is 3.69. The van der Waals surface area contributed by atoms with E-state index in [-0.39, 0.29) is 12.4 Å². The Morgan fingerprint density at radius 3 is 2.59 bits per heavy atom. The summed E-state index contributed by atoms with van der Waals surface area (Å²) < 4.78 is 4.95. The smallest absolute Gasteiger partial charge is 0.334 e. The predicted molar refractivity (Wildman–Crippen MR) is 63.6 cm³/mol. The topological polar surface area (TPSA) is 43.4 Å². The number of Topliss-reactive ketones (excluding diaryl/α,β-unsaturated/α-hetero) is 1. The first-order valence-corrected chi connectivity index (χ1v) is 5.38. The van der Waals surface area contributed by atoms with E-state index in [0.29, 0.717) is 17.6 Å². The molecule has 17 heavy (non-hydrogen) atoms. The Morgan fingerprint density at radius 1 is 1.18 bits per heavy atom. The molecule has 86 valence electrons. The molecule has 0 saturated heterocycles. The van der Waals surface area contributed by atoms with Crippen molar-refractivity contribution in [3.05, 3.63) is 59.7 Å². The number of esters is 1. The number of ether oxygens (including phenoxy) is 1. The van der Waals surface area contributed by atoms with Crippen molar-refractivity contribution in [1.82, 2.24) is 0 Å². The van der Waals surface area contributed by atoms with E-state index in [1.54, 1.807) is 36.4 Å². The van der Waals surface area contributed by atoms with E-state index in [2.05, 4.69) is 0 Å². The maximum absolute atomic E-state index is 11.7. The maximum atomic E-state index is 11.7. The van der Waals surface area contributed by atoms with Crippen LogP contribution in [-0.4, -0.2) is 18.4 Å². The molecule has 0 heterocycles. The van der Waals surface area contributed by atoms with E-state index in [1.807, 2.05) is 12.1 Å². The Labute approximate surface area is 99.4 Å². The van der Waals surface area contributed by atoms with Crippen LogP contribution in [0.15, 0.2) is 54.1 Å². The molecular weight excluding hydrogens is 216 g/mol. The van der Waals surface area contributed by atoms with E-state index in [9.17, 15) is 9.59 Å². The fourth-order valence-corrected chi connectivity index (χ4v) is 1.53. The number of hydrogen-bond donors (Lipinski definition) is 0. The molecule has 1 aromatic carbocycles. The average molecular weight is 228 g/mol. The molecule has 0 unspecified atom stereocenters. The van der Waals surface area contributed by atoms with Crippen molar-refractivity contribution in [3.63, 3.8) is 0 Å². The lowest BCUT2D eigenvalue weighted by atomic mass is 10.1. The molecule has 0 N–H and O–H groups in total. The Hall–Kier alpha value is -2.16. The molecule has 0 atom stereocenters. The second kappa shape index (κ2) is 5.25. The molecule has 0 amide bonds. The van der Waals surface area contributed by atoms with Crippen molar-refractivity contribution in [2.45, 2.75) is 6.42 Å². The molecular formula is C14H12O3. The number of ketones is 1. The monoisotopic (exact) mass is 228 g/mol. The quantitative estimate of drug-likeness (QED) is 0.586. The van der Waals surface area contributed by atoms with Gasteiger partial charge in [-0.2, -0.15) is 0 Å². The summed E-state index contributed by atoms with van der Waals surface area (Å²) in [6.07, 6.45) is 5.96. The van der Waals surface area contributed by atoms with Gasteiger partial charge in [0.2, 0.25) is 0 Å². The average Bonchev–Trinajstić information content (AvgIpc) is 2.90.